The molecule has 2 rings (SSSR count). The molecule has 2 aromatic carbocycles. The van der Waals surface area contributed by atoms with Gasteiger partial charge in [0, 0.05) is 15.8 Å². The van der Waals surface area contributed by atoms with Crippen molar-refractivity contribution in [1.29, 1.82) is 5.26 Å². The first-order valence-electron chi connectivity index (χ1n) is 7.00. The highest BCUT2D eigenvalue weighted by atomic mass is 79.9. The summed E-state index contributed by atoms with van der Waals surface area (Å²) >= 11 is 4.72. The van der Waals surface area contributed by atoms with Gasteiger partial charge in [0.1, 0.15) is 0 Å². The van der Waals surface area contributed by atoms with E-state index in [1.165, 1.54) is 11.8 Å². The van der Waals surface area contributed by atoms with Crippen molar-refractivity contribution in [2.24, 2.45) is 0 Å². The second-order valence-corrected chi connectivity index (χ2v) is 6.71. The molecule has 0 aliphatic heterocycles. The number of rotatable bonds is 5. The third-order valence-electron chi connectivity index (χ3n) is 3.01. The number of carbonyl (C=O) groups is 2. The minimum Gasteiger partial charge on any atom is -0.272 e. The summed E-state index contributed by atoms with van der Waals surface area (Å²) in [5.41, 5.74) is 6.87. The molecule has 7 heteroatoms. The molecule has 0 aliphatic carbocycles. The van der Waals surface area contributed by atoms with E-state index in [9.17, 15) is 9.59 Å². The van der Waals surface area contributed by atoms with E-state index in [1.807, 2.05) is 12.1 Å². The molecule has 0 bridgehead atoms. The topological polar surface area (TPSA) is 82.0 Å². The lowest BCUT2D eigenvalue weighted by Crippen LogP contribution is -2.42. The van der Waals surface area contributed by atoms with Crippen molar-refractivity contribution in [2.45, 2.75) is 5.75 Å². The molecule has 0 saturated carbocycles. The van der Waals surface area contributed by atoms with Crippen LogP contribution in [-0.4, -0.2) is 17.6 Å². The van der Waals surface area contributed by atoms with E-state index in [1.54, 1.807) is 36.4 Å². The van der Waals surface area contributed by atoms with Crippen molar-refractivity contribution < 1.29 is 9.59 Å². The van der Waals surface area contributed by atoms with E-state index in [2.05, 4.69) is 32.9 Å². The van der Waals surface area contributed by atoms with Gasteiger partial charge in [-0.15, -0.1) is 11.8 Å². The lowest BCUT2D eigenvalue weighted by atomic mass is 10.2. The van der Waals surface area contributed by atoms with Crippen molar-refractivity contribution in [3.8, 4) is 6.07 Å². The predicted molar refractivity (Wildman–Crippen MR) is 97.1 cm³/mol. The van der Waals surface area contributed by atoms with E-state index in [0.717, 1.165) is 10.0 Å². The Labute approximate surface area is 152 Å². The number of benzene rings is 2. The minimum absolute atomic E-state index is 0.223. The van der Waals surface area contributed by atoms with Crippen molar-refractivity contribution in [2.75, 3.05) is 5.75 Å². The van der Waals surface area contributed by atoms with E-state index in [-0.39, 0.29) is 17.6 Å². The summed E-state index contributed by atoms with van der Waals surface area (Å²) in [4.78, 5) is 23.6. The van der Waals surface area contributed by atoms with E-state index in [4.69, 9.17) is 5.26 Å². The van der Waals surface area contributed by atoms with Crippen LogP contribution in [0.5, 0.6) is 0 Å². The minimum atomic E-state index is -0.368. The summed E-state index contributed by atoms with van der Waals surface area (Å²) in [5.74, 6) is 0.229. The van der Waals surface area contributed by atoms with Gasteiger partial charge in [-0.2, -0.15) is 5.26 Å². The molecule has 122 valence electrons. The molecule has 0 aliphatic rings. The molecular formula is C17H14BrN3O2S. The second-order valence-electron chi connectivity index (χ2n) is 4.81. The zero-order valence-corrected chi connectivity index (χ0v) is 15.0. The highest BCUT2D eigenvalue weighted by molar-refractivity contribution is 9.10. The van der Waals surface area contributed by atoms with Crippen molar-refractivity contribution in [3.05, 3.63) is 69.7 Å². The van der Waals surface area contributed by atoms with Crippen molar-refractivity contribution in [1.82, 2.24) is 10.9 Å². The average Bonchev–Trinajstić information content (AvgIpc) is 2.61. The monoisotopic (exact) mass is 403 g/mol. The molecule has 0 radical (unpaired) electrons. The first-order chi connectivity index (χ1) is 11.6. The Bertz CT molecular complexity index is 755. The third kappa shape index (κ3) is 5.72. The number of amides is 2. The molecule has 24 heavy (non-hydrogen) atoms. The number of nitriles is 1. The van der Waals surface area contributed by atoms with Crippen LogP contribution in [0.2, 0.25) is 0 Å². The highest BCUT2D eigenvalue weighted by Gasteiger charge is 2.07. The summed E-state index contributed by atoms with van der Waals surface area (Å²) in [6, 6.07) is 16.1. The number of hydrogen-bond donors (Lipinski definition) is 2. The van der Waals surface area contributed by atoms with Gasteiger partial charge in [-0.05, 0) is 42.0 Å². The molecule has 0 saturated heterocycles. The standard InChI is InChI=1S/C17H14BrN3O2S/c18-15-7-5-14(6-8-15)17(23)21-20-16(22)11-24-10-13-3-1-12(9-19)2-4-13/h1-8H,10-11H2,(H,20,22)(H,21,23). The van der Waals surface area contributed by atoms with Gasteiger partial charge >= 0.3 is 0 Å². The fourth-order valence-electron chi connectivity index (χ4n) is 1.77. The Hall–Kier alpha value is -2.30. The average molecular weight is 404 g/mol. The summed E-state index contributed by atoms with van der Waals surface area (Å²) in [6.07, 6.45) is 0. The molecule has 0 unspecified atom stereocenters. The maximum absolute atomic E-state index is 11.8. The van der Waals surface area contributed by atoms with Crippen LogP contribution in [0.25, 0.3) is 0 Å². The van der Waals surface area contributed by atoms with E-state index in [0.29, 0.717) is 16.9 Å². The molecule has 2 amide bonds. The van der Waals surface area contributed by atoms with Crippen molar-refractivity contribution >= 4 is 39.5 Å². The molecule has 2 N–H and O–H groups in total. The maximum Gasteiger partial charge on any atom is 0.269 e. The molecule has 5 nitrogen and oxygen atoms in total. The third-order valence-corrected chi connectivity index (χ3v) is 4.54. The Balaban J connectivity index is 1.70. The number of nitrogens with one attached hydrogen (secondary N) is 2. The lowest BCUT2D eigenvalue weighted by molar-refractivity contribution is -0.119. The number of hydrazine groups is 1. The number of hydrogen-bond acceptors (Lipinski definition) is 4. The Morgan fingerprint density at radius 2 is 1.71 bits per heavy atom. The van der Waals surface area contributed by atoms with Gasteiger partial charge < -0.3 is 0 Å². The van der Waals surface area contributed by atoms with Crippen LogP contribution in [-0.2, 0) is 10.5 Å². The zero-order chi connectivity index (χ0) is 17.4. The largest absolute Gasteiger partial charge is 0.272 e. The Morgan fingerprint density at radius 1 is 1.04 bits per heavy atom. The molecule has 2 aromatic rings. The van der Waals surface area contributed by atoms with Gasteiger partial charge in [-0.3, -0.25) is 20.4 Å². The van der Waals surface area contributed by atoms with E-state index >= 15 is 0 Å². The summed E-state index contributed by atoms with van der Waals surface area (Å²) < 4.78 is 0.877. The summed E-state index contributed by atoms with van der Waals surface area (Å²) in [5, 5.41) is 8.73. The van der Waals surface area contributed by atoms with Gasteiger partial charge in [-0.25, -0.2) is 0 Å². The number of carbonyl (C=O) groups excluding carboxylic acids is 2. The molecular weight excluding hydrogens is 390 g/mol. The SMILES string of the molecule is N#Cc1ccc(CSCC(=O)NNC(=O)c2ccc(Br)cc2)cc1. The summed E-state index contributed by atoms with van der Waals surface area (Å²) in [6.45, 7) is 0. The zero-order valence-electron chi connectivity index (χ0n) is 12.6. The molecule has 0 fully saturated rings. The number of halogens is 1. The van der Waals surface area contributed by atoms with Crippen LogP contribution in [0.15, 0.2) is 53.0 Å². The first-order valence-corrected chi connectivity index (χ1v) is 8.95. The fourth-order valence-corrected chi connectivity index (χ4v) is 2.83. The van der Waals surface area contributed by atoms with Crippen LogP contribution in [0.4, 0.5) is 0 Å². The smallest absolute Gasteiger partial charge is 0.269 e. The van der Waals surface area contributed by atoms with Gasteiger partial charge in [0.05, 0.1) is 17.4 Å². The number of thioether (sulfide) groups is 1. The first kappa shape index (κ1) is 18.0. The van der Waals surface area contributed by atoms with Crippen LogP contribution in [0.3, 0.4) is 0 Å². The lowest BCUT2D eigenvalue weighted by Gasteiger charge is -2.07. The van der Waals surface area contributed by atoms with Crippen LogP contribution < -0.4 is 10.9 Å². The Morgan fingerprint density at radius 3 is 2.33 bits per heavy atom. The Kier molecular flexibility index (Phi) is 6.85. The van der Waals surface area contributed by atoms with Gasteiger partial charge in [0.25, 0.3) is 5.91 Å². The maximum atomic E-state index is 11.8. The normalized spacial score (nSPS) is 9.83. The second kappa shape index (κ2) is 9.11. The van der Waals surface area contributed by atoms with Crippen LogP contribution >= 0.6 is 27.7 Å². The van der Waals surface area contributed by atoms with E-state index < -0.39 is 0 Å². The van der Waals surface area contributed by atoms with Crippen LogP contribution in [0, 0.1) is 11.3 Å². The summed E-state index contributed by atoms with van der Waals surface area (Å²) in [7, 11) is 0. The van der Waals surface area contributed by atoms with Gasteiger partial charge in [0.15, 0.2) is 0 Å². The molecule has 0 heterocycles. The van der Waals surface area contributed by atoms with Crippen molar-refractivity contribution in [3.63, 3.8) is 0 Å². The molecule has 0 atom stereocenters. The predicted octanol–water partition coefficient (Wildman–Crippen LogP) is 3.02. The fraction of sp³-hybridized carbons (Fsp3) is 0.118. The quantitative estimate of drug-likeness (QED) is 0.751. The van der Waals surface area contributed by atoms with Gasteiger partial charge in [0.2, 0.25) is 5.91 Å². The van der Waals surface area contributed by atoms with Gasteiger partial charge in [-0.1, -0.05) is 28.1 Å². The molecule has 0 spiro atoms. The van der Waals surface area contributed by atoms with Crippen LogP contribution in [0.1, 0.15) is 21.5 Å². The highest BCUT2D eigenvalue weighted by Crippen LogP contribution is 2.13. The molecule has 0 aromatic heterocycles. The number of nitrogens with zero attached hydrogens (tertiary/aromatic N) is 1.